The van der Waals surface area contributed by atoms with Crippen molar-refractivity contribution in [2.24, 2.45) is 0 Å². The molecule has 0 radical (unpaired) electrons. The molecular formula is C26H25N3O3. The van der Waals surface area contributed by atoms with Crippen LogP contribution in [0.15, 0.2) is 72.8 Å². The third-order valence-corrected chi connectivity index (χ3v) is 5.23. The van der Waals surface area contributed by atoms with Crippen LogP contribution in [0.3, 0.4) is 0 Å². The molecule has 1 heterocycles. The normalized spacial score (nSPS) is 14.3. The maximum absolute atomic E-state index is 12.7. The maximum Gasteiger partial charge on any atom is 0.255 e. The molecule has 0 bridgehead atoms. The van der Waals surface area contributed by atoms with Crippen LogP contribution in [-0.2, 0) is 6.42 Å². The number of benzene rings is 3. The Hall–Kier alpha value is -3.98. The maximum atomic E-state index is 12.7. The number of aryl methyl sites for hydroxylation is 1. The highest BCUT2D eigenvalue weighted by Crippen LogP contribution is 2.36. The number of amides is 1. The molecule has 0 fully saturated rings. The fourth-order valence-corrected chi connectivity index (χ4v) is 3.52. The van der Waals surface area contributed by atoms with Crippen molar-refractivity contribution in [2.45, 2.75) is 25.4 Å². The van der Waals surface area contributed by atoms with Gasteiger partial charge in [-0.05, 0) is 61.2 Å². The number of anilines is 2. The number of unbranched alkanes of at least 4 members (excludes halogenated alkanes) is 1. The third kappa shape index (κ3) is 5.38. The number of carbonyl (C=O) groups is 1. The van der Waals surface area contributed by atoms with Crippen LogP contribution in [0, 0.1) is 11.3 Å². The number of nitrogens with zero attached hydrogens (tertiary/aromatic N) is 1. The fraction of sp³-hybridized carbons (Fsp3) is 0.231. The first-order valence-corrected chi connectivity index (χ1v) is 10.7. The van der Waals surface area contributed by atoms with Crippen molar-refractivity contribution in [3.63, 3.8) is 0 Å². The van der Waals surface area contributed by atoms with Gasteiger partial charge in [-0.3, -0.25) is 4.79 Å². The molecule has 0 aliphatic carbocycles. The van der Waals surface area contributed by atoms with Crippen molar-refractivity contribution in [1.29, 1.82) is 5.26 Å². The smallest absolute Gasteiger partial charge is 0.255 e. The summed E-state index contributed by atoms with van der Waals surface area (Å²) in [5, 5.41) is 15.1. The number of carbonyl (C=O) groups excluding carboxylic acids is 1. The van der Waals surface area contributed by atoms with E-state index in [2.05, 4.69) is 41.0 Å². The number of nitriles is 1. The second-order valence-electron chi connectivity index (χ2n) is 7.57. The second-order valence-corrected chi connectivity index (χ2v) is 7.57. The molecule has 1 unspecified atom stereocenters. The van der Waals surface area contributed by atoms with Crippen LogP contribution in [0.5, 0.6) is 11.5 Å². The molecule has 1 aliphatic rings. The van der Waals surface area contributed by atoms with Crippen molar-refractivity contribution in [3.8, 4) is 17.6 Å². The number of hydrogen-bond donors (Lipinski definition) is 2. The molecule has 1 atom stereocenters. The van der Waals surface area contributed by atoms with E-state index in [1.165, 1.54) is 5.56 Å². The first-order chi connectivity index (χ1) is 15.7. The van der Waals surface area contributed by atoms with E-state index < -0.39 is 6.10 Å². The molecule has 1 amide bonds. The lowest BCUT2D eigenvalue weighted by molar-refractivity contribution is 0.102. The molecule has 0 saturated carbocycles. The highest BCUT2D eigenvalue weighted by Gasteiger charge is 2.22. The predicted molar refractivity (Wildman–Crippen MR) is 124 cm³/mol. The molecule has 162 valence electrons. The summed E-state index contributed by atoms with van der Waals surface area (Å²) in [6.07, 6.45) is 2.48. The van der Waals surface area contributed by atoms with Crippen molar-refractivity contribution in [1.82, 2.24) is 0 Å². The molecule has 4 rings (SSSR count). The molecular weight excluding hydrogens is 402 g/mol. The summed E-state index contributed by atoms with van der Waals surface area (Å²) < 4.78 is 11.5. The molecule has 32 heavy (non-hydrogen) atoms. The highest BCUT2D eigenvalue weighted by atomic mass is 16.5. The summed E-state index contributed by atoms with van der Waals surface area (Å²) in [5.74, 6) is 0.965. The fourth-order valence-electron chi connectivity index (χ4n) is 3.52. The van der Waals surface area contributed by atoms with E-state index in [0.717, 1.165) is 30.7 Å². The molecule has 6 heteroatoms. The van der Waals surface area contributed by atoms with Gasteiger partial charge in [0.2, 0.25) is 6.10 Å². The van der Waals surface area contributed by atoms with E-state index in [4.69, 9.17) is 14.7 Å². The zero-order chi connectivity index (χ0) is 22.2. The molecule has 1 aliphatic heterocycles. The summed E-state index contributed by atoms with van der Waals surface area (Å²) in [5.41, 5.74) is 3.13. The Morgan fingerprint density at radius 3 is 2.66 bits per heavy atom. The average molecular weight is 428 g/mol. The summed E-state index contributed by atoms with van der Waals surface area (Å²) in [6.45, 7) is 1.05. The lowest BCUT2D eigenvalue weighted by Gasteiger charge is -2.25. The van der Waals surface area contributed by atoms with Gasteiger partial charge in [0.1, 0.15) is 11.8 Å². The quantitative estimate of drug-likeness (QED) is 0.492. The Labute approximate surface area is 187 Å². The molecule has 2 N–H and O–H groups in total. The first kappa shape index (κ1) is 21.3. The van der Waals surface area contributed by atoms with E-state index in [1.54, 1.807) is 30.3 Å². The number of ether oxygens (including phenoxy) is 2. The molecule has 3 aromatic carbocycles. The summed E-state index contributed by atoms with van der Waals surface area (Å²) in [7, 11) is 0. The predicted octanol–water partition coefficient (Wildman–Crippen LogP) is 5.04. The van der Waals surface area contributed by atoms with Gasteiger partial charge in [0.05, 0.1) is 24.5 Å². The van der Waals surface area contributed by atoms with E-state index in [-0.39, 0.29) is 5.91 Å². The molecule has 0 aromatic heterocycles. The molecule has 0 spiro atoms. The average Bonchev–Trinajstić information content (AvgIpc) is 2.85. The van der Waals surface area contributed by atoms with Crippen LogP contribution >= 0.6 is 0 Å². The molecule has 6 nitrogen and oxygen atoms in total. The largest absolute Gasteiger partial charge is 0.494 e. The van der Waals surface area contributed by atoms with Gasteiger partial charge in [-0.15, -0.1) is 0 Å². The van der Waals surface area contributed by atoms with Gasteiger partial charge >= 0.3 is 0 Å². The van der Waals surface area contributed by atoms with Crippen molar-refractivity contribution in [2.75, 3.05) is 23.8 Å². The van der Waals surface area contributed by atoms with Gasteiger partial charge in [0.15, 0.2) is 5.75 Å². The zero-order valence-corrected chi connectivity index (χ0v) is 17.7. The van der Waals surface area contributed by atoms with Crippen molar-refractivity contribution < 1.29 is 14.3 Å². The van der Waals surface area contributed by atoms with Crippen LogP contribution in [0.1, 0.15) is 28.8 Å². The third-order valence-electron chi connectivity index (χ3n) is 5.23. The van der Waals surface area contributed by atoms with E-state index in [9.17, 15) is 4.79 Å². The van der Waals surface area contributed by atoms with Gasteiger partial charge in [0.25, 0.3) is 5.91 Å². The number of nitrogens with one attached hydrogen (secondary N) is 2. The minimum atomic E-state index is -0.593. The standard InChI is InChI=1S/C26H25N3O3/c27-17-22-18-28-23-10-6-11-24(25(23)32-22)29-26(30)20-12-14-21(15-13-20)31-16-5-4-9-19-7-2-1-3-8-19/h1-3,6-8,10-15,22,28H,4-5,9,16,18H2,(H,29,30). The van der Waals surface area contributed by atoms with Crippen molar-refractivity contribution in [3.05, 3.63) is 83.9 Å². The van der Waals surface area contributed by atoms with Gasteiger partial charge in [-0.25, -0.2) is 0 Å². The number of rotatable bonds is 8. The minimum absolute atomic E-state index is 0.254. The SMILES string of the molecule is N#CC1CNc2cccc(NC(=O)c3ccc(OCCCCc4ccccc4)cc3)c2O1. The van der Waals surface area contributed by atoms with E-state index in [0.29, 0.717) is 30.2 Å². The number of para-hydroxylation sites is 1. The topological polar surface area (TPSA) is 83.4 Å². The lowest BCUT2D eigenvalue weighted by Crippen LogP contribution is -2.30. The van der Waals surface area contributed by atoms with Crippen LogP contribution in [0.2, 0.25) is 0 Å². The number of fused-ring (bicyclic) bond motifs is 1. The monoisotopic (exact) mass is 427 g/mol. The first-order valence-electron chi connectivity index (χ1n) is 10.7. The van der Waals surface area contributed by atoms with Gasteiger partial charge in [-0.1, -0.05) is 36.4 Å². The Kier molecular flexibility index (Phi) is 6.88. The lowest BCUT2D eigenvalue weighted by atomic mass is 10.1. The van der Waals surface area contributed by atoms with Gasteiger partial charge in [0, 0.05) is 5.56 Å². The summed E-state index contributed by atoms with van der Waals surface area (Å²) >= 11 is 0. The van der Waals surface area contributed by atoms with Crippen LogP contribution in [0.4, 0.5) is 11.4 Å². The van der Waals surface area contributed by atoms with E-state index >= 15 is 0 Å². The zero-order valence-electron chi connectivity index (χ0n) is 17.7. The van der Waals surface area contributed by atoms with Crippen LogP contribution in [0.25, 0.3) is 0 Å². The van der Waals surface area contributed by atoms with Crippen LogP contribution in [-0.4, -0.2) is 25.2 Å². The van der Waals surface area contributed by atoms with Gasteiger partial charge in [-0.2, -0.15) is 5.26 Å². The minimum Gasteiger partial charge on any atom is -0.494 e. The molecule has 3 aromatic rings. The molecule has 0 saturated heterocycles. The van der Waals surface area contributed by atoms with Gasteiger partial charge < -0.3 is 20.1 Å². The van der Waals surface area contributed by atoms with E-state index in [1.807, 2.05) is 18.2 Å². The van der Waals surface area contributed by atoms with Crippen LogP contribution < -0.4 is 20.1 Å². The highest BCUT2D eigenvalue weighted by molar-refractivity contribution is 6.05. The second kappa shape index (κ2) is 10.4. The summed E-state index contributed by atoms with van der Waals surface area (Å²) in [6, 6.07) is 25.0. The van der Waals surface area contributed by atoms with Crippen molar-refractivity contribution >= 4 is 17.3 Å². The Morgan fingerprint density at radius 1 is 1.06 bits per heavy atom. The Morgan fingerprint density at radius 2 is 1.88 bits per heavy atom. The number of hydrogen-bond acceptors (Lipinski definition) is 5. The Balaban J connectivity index is 1.28. The summed E-state index contributed by atoms with van der Waals surface area (Å²) in [4.78, 5) is 12.7. The Bertz CT molecular complexity index is 1090.